The Labute approximate surface area is 142 Å². The lowest BCUT2D eigenvalue weighted by molar-refractivity contribution is 0.174. The van der Waals surface area contributed by atoms with Crippen LogP contribution in [-0.4, -0.2) is 27.2 Å². The SMILES string of the molecule is Nc1[nH]nc2nnc(-c3ccc4c(c3)OCO4)c(-c3ccccc3)c12. The van der Waals surface area contributed by atoms with Crippen molar-refractivity contribution in [3.05, 3.63) is 48.5 Å². The van der Waals surface area contributed by atoms with Gasteiger partial charge in [-0.1, -0.05) is 30.3 Å². The second kappa shape index (κ2) is 5.20. The zero-order valence-corrected chi connectivity index (χ0v) is 13.1. The summed E-state index contributed by atoms with van der Waals surface area (Å²) in [5.74, 6) is 1.88. The summed E-state index contributed by atoms with van der Waals surface area (Å²) < 4.78 is 10.9. The molecule has 5 rings (SSSR count). The van der Waals surface area contributed by atoms with Crippen molar-refractivity contribution in [3.63, 3.8) is 0 Å². The number of nitrogens with zero attached hydrogens (tertiary/aromatic N) is 3. The Kier molecular flexibility index (Phi) is 2.87. The molecule has 1 aliphatic rings. The number of anilines is 1. The van der Waals surface area contributed by atoms with E-state index in [-0.39, 0.29) is 6.79 Å². The minimum atomic E-state index is 0.226. The molecule has 0 unspecified atom stereocenters. The average Bonchev–Trinajstić information content (AvgIpc) is 3.28. The third-order valence-electron chi connectivity index (χ3n) is 4.22. The topological polar surface area (TPSA) is 98.9 Å². The molecule has 0 saturated heterocycles. The molecule has 1 aliphatic heterocycles. The van der Waals surface area contributed by atoms with E-state index >= 15 is 0 Å². The number of H-pyrrole nitrogens is 1. The minimum Gasteiger partial charge on any atom is -0.454 e. The Morgan fingerprint density at radius 1 is 0.920 bits per heavy atom. The van der Waals surface area contributed by atoms with Crippen LogP contribution >= 0.6 is 0 Å². The second-order valence-electron chi connectivity index (χ2n) is 5.69. The van der Waals surface area contributed by atoms with Crippen molar-refractivity contribution >= 4 is 16.9 Å². The van der Waals surface area contributed by atoms with Gasteiger partial charge in [0.1, 0.15) is 11.5 Å². The molecule has 122 valence electrons. The van der Waals surface area contributed by atoms with E-state index in [1.807, 2.05) is 48.5 Å². The standard InChI is InChI=1S/C18H13N5O2/c19-17-15-14(10-4-2-1-3-5-10)16(20-22-18(15)23-21-17)11-6-7-12-13(8-11)25-9-24-12/h1-8H,9H2,(H3,19,21,22,23). The van der Waals surface area contributed by atoms with Gasteiger partial charge in [-0.15, -0.1) is 10.2 Å². The molecule has 0 atom stereocenters. The molecule has 4 aromatic rings. The lowest BCUT2D eigenvalue weighted by Gasteiger charge is -2.10. The molecule has 3 N–H and O–H groups in total. The van der Waals surface area contributed by atoms with E-state index in [0.29, 0.717) is 22.9 Å². The number of nitrogen functional groups attached to an aromatic ring is 1. The fourth-order valence-electron chi connectivity index (χ4n) is 3.06. The van der Waals surface area contributed by atoms with Crippen LogP contribution in [0.4, 0.5) is 5.82 Å². The molecule has 3 heterocycles. The number of benzene rings is 2. The molecule has 0 amide bonds. The maximum absolute atomic E-state index is 6.12. The summed E-state index contributed by atoms with van der Waals surface area (Å²) in [5, 5.41) is 16.3. The average molecular weight is 331 g/mol. The summed E-state index contributed by atoms with van der Waals surface area (Å²) in [4.78, 5) is 0. The van der Waals surface area contributed by atoms with Gasteiger partial charge in [-0.05, 0) is 23.8 Å². The van der Waals surface area contributed by atoms with Crippen molar-refractivity contribution in [1.82, 2.24) is 20.4 Å². The summed E-state index contributed by atoms with van der Waals surface area (Å²) in [6.45, 7) is 0.226. The van der Waals surface area contributed by atoms with Crippen LogP contribution < -0.4 is 15.2 Å². The molecule has 25 heavy (non-hydrogen) atoms. The Balaban J connectivity index is 1.82. The number of nitrogens with one attached hydrogen (secondary N) is 1. The number of fused-ring (bicyclic) bond motifs is 2. The molecule has 7 heteroatoms. The third-order valence-corrected chi connectivity index (χ3v) is 4.22. The van der Waals surface area contributed by atoms with Gasteiger partial charge in [0.2, 0.25) is 12.4 Å². The molecular formula is C18H13N5O2. The number of hydrogen-bond donors (Lipinski definition) is 2. The van der Waals surface area contributed by atoms with Crippen molar-refractivity contribution in [2.24, 2.45) is 0 Å². The highest BCUT2D eigenvalue weighted by Gasteiger charge is 2.21. The first kappa shape index (κ1) is 13.8. The number of aromatic amines is 1. The molecule has 0 radical (unpaired) electrons. The maximum Gasteiger partial charge on any atom is 0.231 e. The van der Waals surface area contributed by atoms with Crippen LogP contribution in [0.5, 0.6) is 11.5 Å². The molecule has 2 aromatic heterocycles. The number of ether oxygens (including phenoxy) is 2. The molecule has 2 aromatic carbocycles. The predicted octanol–water partition coefficient (Wildman–Crippen LogP) is 3.00. The van der Waals surface area contributed by atoms with E-state index in [4.69, 9.17) is 15.2 Å². The number of rotatable bonds is 2. The van der Waals surface area contributed by atoms with Crippen LogP contribution in [0.1, 0.15) is 0 Å². The minimum absolute atomic E-state index is 0.226. The molecular weight excluding hydrogens is 318 g/mol. The van der Waals surface area contributed by atoms with Crippen molar-refractivity contribution in [3.8, 4) is 33.9 Å². The van der Waals surface area contributed by atoms with E-state index < -0.39 is 0 Å². The smallest absolute Gasteiger partial charge is 0.231 e. The first-order chi connectivity index (χ1) is 12.3. The summed E-state index contributed by atoms with van der Waals surface area (Å²) in [6, 6.07) is 15.7. The monoisotopic (exact) mass is 331 g/mol. The first-order valence-electron chi connectivity index (χ1n) is 7.77. The highest BCUT2D eigenvalue weighted by Crippen LogP contribution is 2.41. The van der Waals surface area contributed by atoms with E-state index in [0.717, 1.165) is 27.8 Å². The van der Waals surface area contributed by atoms with Gasteiger partial charge in [0, 0.05) is 11.1 Å². The van der Waals surface area contributed by atoms with Crippen LogP contribution in [0.25, 0.3) is 33.4 Å². The van der Waals surface area contributed by atoms with E-state index in [1.54, 1.807) is 0 Å². The van der Waals surface area contributed by atoms with Crippen LogP contribution in [0.15, 0.2) is 48.5 Å². The molecule has 7 nitrogen and oxygen atoms in total. The quantitative estimate of drug-likeness (QED) is 0.586. The second-order valence-corrected chi connectivity index (χ2v) is 5.69. The van der Waals surface area contributed by atoms with Gasteiger partial charge in [-0.2, -0.15) is 5.10 Å². The summed E-state index contributed by atoms with van der Waals surface area (Å²) in [7, 11) is 0. The lowest BCUT2D eigenvalue weighted by atomic mass is 9.97. The summed E-state index contributed by atoms with van der Waals surface area (Å²) in [6.07, 6.45) is 0. The normalized spacial score (nSPS) is 12.6. The highest BCUT2D eigenvalue weighted by molar-refractivity contribution is 6.04. The Morgan fingerprint density at radius 2 is 1.76 bits per heavy atom. The molecule has 0 saturated carbocycles. The van der Waals surface area contributed by atoms with Gasteiger partial charge in [-0.3, -0.25) is 5.10 Å². The zero-order chi connectivity index (χ0) is 16.8. The summed E-state index contributed by atoms with van der Waals surface area (Å²) >= 11 is 0. The lowest BCUT2D eigenvalue weighted by Crippen LogP contribution is -1.96. The fourth-order valence-corrected chi connectivity index (χ4v) is 3.06. The first-order valence-corrected chi connectivity index (χ1v) is 7.77. The molecule has 0 fully saturated rings. The van der Waals surface area contributed by atoms with Crippen molar-refractivity contribution < 1.29 is 9.47 Å². The highest BCUT2D eigenvalue weighted by atomic mass is 16.7. The third kappa shape index (κ3) is 2.09. The van der Waals surface area contributed by atoms with Gasteiger partial charge < -0.3 is 15.2 Å². The van der Waals surface area contributed by atoms with Crippen LogP contribution in [0, 0.1) is 0 Å². The number of nitrogens with two attached hydrogens (primary N) is 1. The number of hydrogen-bond acceptors (Lipinski definition) is 6. The Morgan fingerprint density at radius 3 is 2.64 bits per heavy atom. The van der Waals surface area contributed by atoms with Crippen LogP contribution in [0.3, 0.4) is 0 Å². The molecule has 0 bridgehead atoms. The van der Waals surface area contributed by atoms with Gasteiger partial charge in [0.05, 0.1) is 5.39 Å². The largest absolute Gasteiger partial charge is 0.454 e. The van der Waals surface area contributed by atoms with E-state index in [1.165, 1.54) is 0 Å². The molecule has 0 spiro atoms. The zero-order valence-electron chi connectivity index (χ0n) is 13.1. The van der Waals surface area contributed by atoms with Crippen LogP contribution in [0.2, 0.25) is 0 Å². The van der Waals surface area contributed by atoms with Gasteiger partial charge in [-0.25, -0.2) is 0 Å². The fraction of sp³-hybridized carbons (Fsp3) is 0.0556. The van der Waals surface area contributed by atoms with Gasteiger partial charge in [0.25, 0.3) is 0 Å². The van der Waals surface area contributed by atoms with Crippen LogP contribution in [-0.2, 0) is 0 Å². The van der Waals surface area contributed by atoms with E-state index in [2.05, 4.69) is 20.4 Å². The van der Waals surface area contributed by atoms with Gasteiger partial charge >= 0.3 is 0 Å². The van der Waals surface area contributed by atoms with E-state index in [9.17, 15) is 0 Å². The van der Waals surface area contributed by atoms with Crippen molar-refractivity contribution in [2.45, 2.75) is 0 Å². The predicted molar refractivity (Wildman–Crippen MR) is 93.1 cm³/mol. The number of aromatic nitrogens is 4. The summed E-state index contributed by atoms with van der Waals surface area (Å²) in [5.41, 5.74) is 10.1. The van der Waals surface area contributed by atoms with Crippen molar-refractivity contribution in [2.75, 3.05) is 12.5 Å². The maximum atomic E-state index is 6.12. The van der Waals surface area contributed by atoms with Gasteiger partial charge in [0.15, 0.2) is 11.5 Å². The Hall–Kier alpha value is -3.61. The Bertz CT molecular complexity index is 1090. The van der Waals surface area contributed by atoms with Crippen molar-refractivity contribution in [1.29, 1.82) is 0 Å². The molecule has 0 aliphatic carbocycles.